The van der Waals surface area contributed by atoms with E-state index < -0.39 is 11.6 Å². The molecule has 1 fully saturated rings. The van der Waals surface area contributed by atoms with Gasteiger partial charge in [0.15, 0.2) is 0 Å². The molecule has 1 aliphatic rings. The summed E-state index contributed by atoms with van der Waals surface area (Å²) in [6, 6.07) is 12.2. The molecular weight excluding hydrogens is 404 g/mol. The molecule has 32 heavy (non-hydrogen) atoms. The van der Waals surface area contributed by atoms with E-state index in [0.717, 1.165) is 48.8 Å². The lowest BCUT2D eigenvalue weighted by molar-refractivity contribution is 0.0617. The van der Waals surface area contributed by atoms with Crippen molar-refractivity contribution in [3.05, 3.63) is 47.5 Å². The summed E-state index contributed by atoms with van der Waals surface area (Å²) in [6.45, 7) is 10.7. The molecular formula is C25H36N4O3. The topological polar surface area (TPSA) is 90.1 Å². The van der Waals surface area contributed by atoms with E-state index in [1.54, 1.807) is 0 Å². The standard InChI is InChI=1S/C25H36N4O3/c1-25(2,3)29(24(31)32)12-4-11-27-13-15-28(16-14-27)23(30)22-8-7-20-17-19(9-10-26)5-6-21(20)18-22/h5-8,17-18H,4,9-16,26H2,1-3H3,(H,31,32). The van der Waals surface area contributed by atoms with Crippen molar-refractivity contribution in [1.82, 2.24) is 14.7 Å². The molecule has 0 aromatic heterocycles. The third-order valence-corrected chi connectivity index (χ3v) is 6.14. The van der Waals surface area contributed by atoms with E-state index in [0.29, 0.717) is 26.2 Å². The number of benzene rings is 2. The van der Waals surface area contributed by atoms with E-state index in [-0.39, 0.29) is 5.91 Å². The van der Waals surface area contributed by atoms with Gasteiger partial charge < -0.3 is 20.6 Å². The van der Waals surface area contributed by atoms with Crippen molar-refractivity contribution in [3.63, 3.8) is 0 Å². The van der Waals surface area contributed by atoms with E-state index in [2.05, 4.69) is 23.1 Å². The van der Waals surface area contributed by atoms with E-state index in [4.69, 9.17) is 5.73 Å². The maximum atomic E-state index is 13.0. The molecule has 1 heterocycles. The number of piperazine rings is 1. The lowest BCUT2D eigenvalue weighted by Gasteiger charge is -2.36. The van der Waals surface area contributed by atoms with E-state index in [1.165, 1.54) is 10.5 Å². The lowest BCUT2D eigenvalue weighted by atomic mass is 10.0. The van der Waals surface area contributed by atoms with Crippen LogP contribution in [-0.2, 0) is 6.42 Å². The fraction of sp³-hybridized carbons (Fsp3) is 0.520. The summed E-state index contributed by atoms with van der Waals surface area (Å²) in [6.07, 6.45) is 0.763. The van der Waals surface area contributed by atoms with Gasteiger partial charge in [0, 0.05) is 43.8 Å². The largest absolute Gasteiger partial charge is 0.465 e. The maximum Gasteiger partial charge on any atom is 0.407 e. The molecule has 1 aliphatic heterocycles. The third-order valence-electron chi connectivity index (χ3n) is 6.14. The summed E-state index contributed by atoms with van der Waals surface area (Å²) in [5.74, 6) is 0.0716. The Labute approximate surface area is 190 Å². The van der Waals surface area contributed by atoms with Gasteiger partial charge in [0.1, 0.15) is 0 Å². The zero-order valence-corrected chi connectivity index (χ0v) is 19.5. The number of carbonyl (C=O) groups is 2. The summed E-state index contributed by atoms with van der Waals surface area (Å²) < 4.78 is 0. The molecule has 2 aromatic rings. The Morgan fingerprint density at radius 3 is 2.31 bits per heavy atom. The van der Waals surface area contributed by atoms with Crippen molar-refractivity contribution in [2.75, 3.05) is 45.8 Å². The van der Waals surface area contributed by atoms with Crippen molar-refractivity contribution in [1.29, 1.82) is 0 Å². The minimum Gasteiger partial charge on any atom is -0.465 e. The molecule has 3 N–H and O–H groups in total. The highest BCUT2D eigenvalue weighted by molar-refractivity contribution is 5.98. The van der Waals surface area contributed by atoms with Crippen LogP contribution < -0.4 is 5.73 Å². The van der Waals surface area contributed by atoms with Crippen LogP contribution >= 0.6 is 0 Å². The Morgan fingerprint density at radius 2 is 1.69 bits per heavy atom. The van der Waals surface area contributed by atoms with Gasteiger partial charge in [-0.3, -0.25) is 9.69 Å². The highest BCUT2D eigenvalue weighted by Crippen LogP contribution is 2.20. The van der Waals surface area contributed by atoms with Crippen LogP contribution in [0.25, 0.3) is 10.8 Å². The Morgan fingerprint density at radius 1 is 1.03 bits per heavy atom. The van der Waals surface area contributed by atoms with Crippen molar-refractivity contribution < 1.29 is 14.7 Å². The highest BCUT2D eigenvalue weighted by Gasteiger charge is 2.26. The van der Waals surface area contributed by atoms with Crippen LogP contribution in [0.2, 0.25) is 0 Å². The van der Waals surface area contributed by atoms with Crippen LogP contribution in [0.1, 0.15) is 43.1 Å². The molecule has 2 aromatic carbocycles. The second-order valence-electron chi connectivity index (χ2n) is 9.53. The monoisotopic (exact) mass is 440 g/mol. The van der Waals surface area contributed by atoms with E-state index in [1.807, 2.05) is 43.9 Å². The highest BCUT2D eigenvalue weighted by atomic mass is 16.4. The molecule has 1 saturated heterocycles. The molecule has 0 radical (unpaired) electrons. The van der Waals surface area contributed by atoms with Gasteiger partial charge in [0.05, 0.1) is 0 Å². The summed E-state index contributed by atoms with van der Waals surface area (Å²) in [5.41, 5.74) is 7.18. The normalized spacial score (nSPS) is 15.2. The van der Waals surface area contributed by atoms with E-state index in [9.17, 15) is 14.7 Å². The van der Waals surface area contributed by atoms with Gasteiger partial charge in [-0.1, -0.05) is 24.3 Å². The van der Waals surface area contributed by atoms with Crippen molar-refractivity contribution >= 4 is 22.8 Å². The lowest BCUT2D eigenvalue weighted by Crippen LogP contribution is -2.50. The molecule has 0 unspecified atom stereocenters. The van der Waals surface area contributed by atoms with Gasteiger partial charge in [-0.2, -0.15) is 0 Å². The average Bonchev–Trinajstić information content (AvgIpc) is 2.75. The molecule has 0 aliphatic carbocycles. The van der Waals surface area contributed by atoms with Crippen molar-refractivity contribution in [2.45, 2.75) is 39.2 Å². The minimum atomic E-state index is -0.876. The first-order valence-corrected chi connectivity index (χ1v) is 11.4. The molecule has 0 bridgehead atoms. The number of amides is 2. The fourth-order valence-corrected chi connectivity index (χ4v) is 4.28. The zero-order valence-electron chi connectivity index (χ0n) is 19.5. The summed E-state index contributed by atoms with van der Waals surface area (Å²) in [5, 5.41) is 11.6. The molecule has 174 valence electrons. The first-order valence-electron chi connectivity index (χ1n) is 11.4. The first-order chi connectivity index (χ1) is 15.2. The summed E-state index contributed by atoms with van der Waals surface area (Å²) in [4.78, 5) is 30.2. The number of fused-ring (bicyclic) bond motifs is 1. The van der Waals surface area contributed by atoms with Gasteiger partial charge >= 0.3 is 6.09 Å². The number of nitrogens with two attached hydrogens (primary N) is 1. The molecule has 0 spiro atoms. The number of carbonyl (C=O) groups excluding carboxylic acids is 1. The van der Waals surface area contributed by atoms with Crippen molar-refractivity contribution in [2.24, 2.45) is 5.73 Å². The fourth-order valence-electron chi connectivity index (χ4n) is 4.28. The number of hydrogen-bond acceptors (Lipinski definition) is 4. The summed E-state index contributed by atoms with van der Waals surface area (Å²) in [7, 11) is 0. The van der Waals surface area contributed by atoms with Crippen LogP contribution in [0.15, 0.2) is 36.4 Å². The second-order valence-corrected chi connectivity index (χ2v) is 9.53. The Hall–Kier alpha value is -2.64. The first kappa shape index (κ1) is 24.0. The van der Waals surface area contributed by atoms with Gasteiger partial charge in [-0.05, 0) is 75.2 Å². The molecule has 3 rings (SSSR count). The number of hydrogen-bond donors (Lipinski definition) is 2. The van der Waals surface area contributed by atoms with Gasteiger partial charge in [0.2, 0.25) is 0 Å². The van der Waals surface area contributed by atoms with Gasteiger partial charge in [-0.15, -0.1) is 0 Å². The van der Waals surface area contributed by atoms with Crippen LogP contribution in [0.3, 0.4) is 0 Å². The van der Waals surface area contributed by atoms with Crippen LogP contribution in [-0.4, -0.2) is 83.2 Å². The Kier molecular flexibility index (Phi) is 7.74. The molecule has 7 heteroatoms. The molecule has 7 nitrogen and oxygen atoms in total. The predicted octanol–water partition coefficient (Wildman–Crippen LogP) is 3.27. The van der Waals surface area contributed by atoms with Crippen LogP contribution in [0.5, 0.6) is 0 Å². The molecule has 0 atom stereocenters. The minimum absolute atomic E-state index is 0.0716. The number of rotatable bonds is 7. The van der Waals surface area contributed by atoms with Gasteiger partial charge in [-0.25, -0.2) is 4.79 Å². The Balaban J connectivity index is 1.52. The molecule has 0 saturated carbocycles. The maximum absolute atomic E-state index is 13.0. The van der Waals surface area contributed by atoms with Crippen LogP contribution in [0.4, 0.5) is 4.79 Å². The predicted molar refractivity (Wildman–Crippen MR) is 128 cm³/mol. The number of nitrogens with zero attached hydrogens (tertiary/aromatic N) is 3. The Bertz CT molecular complexity index is 946. The molecule has 2 amide bonds. The zero-order chi connectivity index (χ0) is 23.3. The van der Waals surface area contributed by atoms with Gasteiger partial charge in [0.25, 0.3) is 5.91 Å². The number of carboxylic acid groups (broad SMARTS) is 1. The van der Waals surface area contributed by atoms with E-state index >= 15 is 0 Å². The average molecular weight is 441 g/mol. The van der Waals surface area contributed by atoms with Crippen LogP contribution in [0, 0.1) is 0 Å². The smallest absolute Gasteiger partial charge is 0.407 e. The second kappa shape index (κ2) is 10.3. The quantitative estimate of drug-likeness (QED) is 0.690. The SMILES string of the molecule is CC(C)(C)N(CCCN1CCN(C(=O)c2ccc3cc(CCN)ccc3c2)CC1)C(=O)O. The van der Waals surface area contributed by atoms with Crippen molar-refractivity contribution in [3.8, 4) is 0 Å². The summed E-state index contributed by atoms with van der Waals surface area (Å²) >= 11 is 0. The third kappa shape index (κ3) is 5.99.